The second kappa shape index (κ2) is 20.4. The van der Waals surface area contributed by atoms with Crippen molar-refractivity contribution in [1.82, 2.24) is 0 Å². The van der Waals surface area contributed by atoms with Crippen LogP contribution in [0, 0.1) is 44.8 Å². The van der Waals surface area contributed by atoms with Crippen LogP contribution in [-0.4, -0.2) is 210 Å². The molecule has 0 spiro atoms. The summed E-state index contributed by atoms with van der Waals surface area (Å²) in [6, 6.07) is 0. The molecule has 0 aromatic heterocycles. The van der Waals surface area contributed by atoms with E-state index in [0.29, 0.717) is 38.5 Å². The maximum atomic E-state index is 14.6. The van der Waals surface area contributed by atoms with Crippen molar-refractivity contribution in [2.24, 2.45) is 44.8 Å². The molecule has 4 aliphatic heterocycles. The second-order valence-electron chi connectivity index (χ2n) is 24.4. The molecule has 8 fully saturated rings. The number of allylic oxidation sites excluding steroid dienone is 3. The predicted molar refractivity (Wildman–Crippen MR) is 251 cm³/mol. The van der Waals surface area contributed by atoms with Crippen LogP contribution in [0.5, 0.6) is 0 Å². The molecular weight excluding hydrogens is 961 g/mol. The number of hydrogen-bond acceptors (Lipinski definition) is 21. The van der Waals surface area contributed by atoms with Crippen LogP contribution in [0.3, 0.4) is 0 Å². The van der Waals surface area contributed by atoms with E-state index < -0.39 is 153 Å². The lowest BCUT2D eigenvalue weighted by Crippen LogP contribution is -2.66. The quantitative estimate of drug-likeness (QED) is 0.0721. The number of aliphatic hydroxyl groups is 12. The molecule has 9 rings (SSSR count). The zero-order valence-corrected chi connectivity index (χ0v) is 42.8. The summed E-state index contributed by atoms with van der Waals surface area (Å²) in [5.41, 5.74) is 0.247. The van der Waals surface area contributed by atoms with Crippen molar-refractivity contribution in [3.63, 3.8) is 0 Å². The monoisotopic (exact) mass is 1040 g/mol. The van der Waals surface area contributed by atoms with Crippen LogP contribution < -0.4 is 0 Å². The number of hydrogen-bond donors (Lipinski definition) is 12. The van der Waals surface area contributed by atoms with E-state index in [9.17, 15) is 66.1 Å². The zero-order chi connectivity index (χ0) is 53.1. The fourth-order valence-corrected chi connectivity index (χ4v) is 15.8. The molecule has 12 N–H and O–H groups in total. The summed E-state index contributed by atoms with van der Waals surface area (Å²) in [5, 5.41) is 128. The number of carbonyl (C=O) groups is 1. The van der Waals surface area contributed by atoms with E-state index in [1.807, 2.05) is 0 Å². The Labute approximate surface area is 426 Å². The molecule has 5 aliphatic carbocycles. The van der Waals surface area contributed by atoms with Gasteiger partial charge in [-0.1, -0.05) is 58.4 Å². The van der Waals surface area contributed by atoms with Gasteiger partial charge in [-0.2, -0.15) is 0 Å². The van der Waals surface area contributed by atoms with Gasteiger partial charge in [0.2, 0.25) is 6.29 Å². The molecule has 4 saturated heterocycles. The summed E-state index contributed by atoms with van der Waals surface area (Å²) in [6.07, 6.45) is -20.5. The van der Waals surface area contributed by atoms with Gasteiger partial charge in [0.25, 0.3) is 0 Å². The Bertz CT molecular complexity index is 2040. The van der Waals surface area contributed by atoms with Crippen molar-refractivity contribution in [3.8, 4) is 0 Å². The molecule has 4 heterocycles. The number of fused-ring (bicyclic) bond motifs is 7. The number of aliphatic hydroxyl groups excluding tert-OH is 12. The predicted octanol–water partition coefficient (Wildman–Crippen LogP) is -0.839. The minimum Gasteiger partial charge on any atom is -0.432 e. The molecule has 9 aliphatic rings. The molecule has 0 aromatic rings. The third-order valence-corrected chi connectivity index (χ3v) is 20.4. The molecule has 27 unspecified atom stereocenters. The first kappa shape index (κ1) is 55.9. The summed E-state index contributed by atoms with van der Waals surface area (Å²) in [7, 11) is 0. The van der Waals surface area contributed by atoms with E-state index in [0.717, 1.165) is 31.3 Å². The molecule has 0 amide bonds. The van der Waals surface area contributed by atoms with Crippen LogP contribution in [0.4, 0.5) is 0 Å². The van der Waals surface area contributed by atoms with E-state index in [4.69, 9.17) is 37.9 Å². The first-order valence-electron chi connectivity index (χ1n) is 26.4. The van der Waals surface area contributed by atoms with Crippen LogP contribution >= 0.6 is 0 Å². The van der Waals surface area contributed by atoms with Crippen LogP contribution in [0.2, 0.25) is 0 Å². The number of carbonyl (C=O) groups excluding carboxylic acids is 1. The van der Waals surface area contributed by atoms with Crippen molar-refractivity contribution in [2.45, 2.75) is 229 Å². The summed E-state index contributed by atoms with van der Waals surface area (Å²) in [6.45, 7) is 15.7. The van der Waals surface area contributed by atoms with Gasteiger partial charge in [-0.15, -0.1) is 0 Å². The van der Waals surface area contributed by atoms with E-state index >= 15 is 0 Å². The van der Waals surface area contributed by atoms with Gasteiger partial charge < -0.3 is 99.2 Å². The zero-order valence-electron chi connectivity index (χ0n) is 42.8. The van der Waals surface area contributed by atoms with Crippen molar-refractivity contribution >= 4 is 5.97 Å². The Morgan fingerprint density at radius 1 is 0.658 bits per heavy atom. The first-order valence-corrected chi connectivity index (χ1v) is 26.4. The molecular formula is C52H82O21. The van der Waals surface area contributed by atoms with E-state index in [2.05, 4.69) is 47.3 Å². The molecule has 73 heavy (non-hydrogen) atoms. The average Bonchev–Trinajstić information content (AvgIpc) is 3.35. The maximum absolute atomic E-state index is 14.6. The van der Waals surface area contributed by atoms with Gasteiger partial charge in [-0.3, -0.25) is 4.79 Å². The fourth-order valence-electron chi connectivity index (χ4n) is 15.8. The molecule has 416 valence electrons. The summed E-state index contributed by atoms with van der Waals surface area (Å²) < 4.78 is 47.7. The van der Waals surface area contributed by atoms with Crippen LogP contribution in [0.1, 0.15) is 106 Å². The number of esters is 1. The van der Waals surface area contributed by atoms with E-state index in [1.165, 1.54) is 12.5 Å². The van der Waals surface area contributed by atoms with Gasteiger partial charge in [0.1, 0.15) is 85.5 Å². The SMILES string of the molecule is C=C1CCC2(C(=O)OC3OC(CO)C(O)C(O)C3O)CCC3(C)C(=CCC4C5(C)CCC(OC6OCC(O)C(OC7OC(CO)C(O)C(O)C7OC7OC(C)C(O)C(O)C7O)C6O)C(C)(C)C5CCC43C)C2C1. The summed E-state index contributed by atoms with van der Waals surface area (Å²) in [4.78, 5) is 14.6. The normalized spacial score (nSPS) is 54.0. The minimum absolute atomic E-state index is 0.161. The van der Waals surface area contributed by atoms with Gasteiger partial charge in [0.05, 0.1) is 37.4 Å². The first-order chi connectivity index (χ1) is 34.3. The molecule has 27 atom stereocenters. The largest absolute Gasteiger partial charge is 0.432 e. The highest BCUT2D eigenvalue weighted by Crippen LogP contribution is 2.75. The molecule has 0 radical (unpaired) electrons. The Balaban J connectivity index is 0.908. The molecule has 0 aromatic carbocycles. The number of rotatable bonds is 10. The van der Waals surface area contributed by atoms with Crippen molar-refractivity contribution in [1.29, 1.82) is 0 Å². The topological polar surface area (TPSA) is 334 Å². The molecule has 21 nitrogen and oxygen atoms in total. The molecule has 21 heteroatoms. The smallest absolute Gasteiger partial charge is 0.315 e. The highest BCUT2D eigenvalue weighted by Gasteiger charge is 2.70. The lowest BCUT2D eigenvalue weighted by molar-refractivity contribution is -0.385. The van der Waals surface area contributed by atoms with Crippen molar-refractivity contribution < 1.29 is 104 Å². The second-order valence-corrected chi connectivity index (χ2v) is 24.4. The molecule has 4 saturated carbocycles. The maximum Gasteiger partial charge on any atom is 0.315 e. The van der Waals surface area contributed by atoms with Gasteiger partial charge in [-0.05, 0) is 105 Å². The van der Waals surface area contributed by atoms with Crippen LogP contribution in [-0.2, 0) is 42.7 Å². The Morgan fingerprint density at radius 2 is 1.29 bits per heavy atom. The summed E-state index contributed by atoms with van der Waals surface area (Å²) in [5.74, 6) is -0.338. The van der Waals surface area contributed by atoms with Crippen molar-refractivity contribution in [3.05, 3.63) is 23.8 Å². The van der Waals surface area contributed by atoms with Gasteiger partial charge in [0, 0.05) is 5.92 Å². The standard InChI is InChI=1S/C52H82O21/c1-22-10-15-52(47(65)73-45-39(63)36(60)33(57)27(19-53)68-45)17-16-50(6)24(25(52)18-22)8-9-30-49(5)13-12-31(48(3,4)29(49)11-14-51(30,50)7)70-43-40(64)41(26(55)21-66-43)71-46-42(37(61)34(58)28(20-54)69-46)72-44-38(62)35(59)32(56)23(2)67-44/h8,23,25-46,53-64H,1,9-21H2,2-7H3. The average molecular weight is 1040 g/mol. The van der Waals surface area contributed by atoms with E-state index in [1.54, 1.807) is 0 Å². The fraction of sp³-hybridized carbons (Fsp3) is 0.904. The van der Waals surface area contributed by atoms with Crippen LogP contribution in [0.25, 0.3) is 0 Å². The van der Waals surface area contributed by atoms with E-state index in [-0.39, 0.29) is 40.6 Å². The van der Waals surface area contributed by atoms with Gasteiger partial charge in [-0.25, -0.2) is 0 Å². The minimum atomic E-state index is -1.81. The lowest BCUT2D eigenvalue weighted by Gasteiger charge is -2.71. The third kappa shape index (κ3) is 9.02. The van der Waals surface area contributed by atoms with Gasteiger partial charge in [0.15, 0.2) is 18.9 Å². The lowest BCUT2D eigenvalue weighted by atomic mass is 9.34. The van der Waals surface area contributed by atoms with Crippen LogP contribution in [0.15, 0.2) is 23.8 Å². The number of ether oxygens (including phenoxy) is 8. The Hall–Kier alpha value is -1.81. The Kier molecular flexibility index (Phi) is 15.7. The highest BCUT2D eigenvalue weighted by molar-refractivity contribution is 5.79. The molecule has 0 bridgehead atoms. The third-order valence-electron chi connectivity index (χ3n) is 20.4. The van der Waals surface area contributed by atoms with Gasteiger partial charge >= 0.3 is 5.97 Å². The Morgan fingerprint density at radius 3 is 1.97 bits per heavy atom. The van der Waals surface area contributed by atoms with Crippen molar-refractivity contribution in [2.75, 3.05) is 19.8 Å². The highest BCUT2D eigenvalue weighted by atomic mass is 16.8. The summed E-state index contributed by atoms with van der Waals surface area (Å²) >= 11 is 0.